The van der Waals surface area contributed by atoms with Crippen LogP contribution in [0.15, 0.2) is 0 Å². The van der Waals surface area contributed by atoms with Crippen molar-refractivity contribution in [3.8, 4) is 0 Å². The van der Waals surface area contributed by atoms with Gasteiger partial charge in [0, 0.05) is 25.7 Å². The summed E-state index contributed by atoms with van der Waals surface area (Å²) < 4.78 is 68.8. The minimum Gasteiger partial charge on any atom is -0.462 e. The SMILES string of the molecule is CCCCCCCCCCCCCCCCCCCCCCCCC(=O)O[C@H](COC(=O)CCCCCCCCCCCCCCCCCCC)COP(=O)(O)OC[C@@H](O)COP(=O)(O)OC[C@@H](COC(=O)CCCCCCCCC(C)CC)OC(=O)CCCCCCCCCCCCCCCCC. The molecule has 0 radical (unpaired) electrons. The lowest BCUT2D eigenvalue weighted by Crippen LogP contribution is -2.30. The van der Waals surface area contributed by atoms with Gasteiger partial charge in [0.15, 0.2) is 12.2 Å². The van der Waals surface area contributed by atoms with Gasteiger partial charge in [-0.1, -0.05) is 407 Å². The molecule has 0 aromatic carbocycles. The van der Waals surface area contributed by atoms with Crippen molar-refractivity contribution >= 4 is 39.5 Å². The highest BCUT2D eigenvalue weighted by molar-refractivity contribution is 7.47. The van der Waals surface area contributed by atoms with Crippen LogP contribution >= 0.6 is 15.6 Å². The van der Waals surface area contributed by atoms with Crippen molar-refractivity contribution in [1.82, 2.24) is 0 Å². The Morgan fingerprint density at radius 3 is 0.683 bits per heavy atom. The van der Waals surface area contributed by atoms with Gasteiger partial charge in [0.2, 0.25) is 0 Å². The lowest BCUT2D eigenvalue weighted by Gasteiger charge is -2.21. The summed E-state index contributed by atoms with van der Waals surface area (Å²) in [6.07, 6.45) is 70.9. The predicted molar refractivity (Wildman–Crippen MR) is 428 cm³/mol. The average Bonchev–Trinajstić information content (AvgIpc) is 0.910. The average molecular weight is 1520 g/mol. The standard InChI is InChI=1S/C85H166O17P2/c1-6-10-13-16-19-22-25-28-31-33-34-35-36-37-39-42-45-48-51-54-61-66-70-84(89)101-80(74-95-82(87)68-63-58-52-49-46-43-41-38-32-29-26-23-20-17-14-11-7-2)76-99-103(91,92)97-72-79(86)73-98-104(93,94)100-77-81(75-96-83(88)69-64-59-56-55-57-62-67-78(5)9-4)102-85(90)71-65-60-53-50-47-44-40-30-27-24-21-18-15-12-8-3/h78-81,86H,6-77H2,1-5H3,(H,91,92)(H,93,94)/t78?,79-,80-,81-/m1/s1. The molecular weight excluding hydrogens is 1350 g/mol. The molecule has 0 aromatic rings. The van der Waals surface area contributed by atoms with E-state index in [0.717, 1.165) is 102 Å². The molecule has 6 atom stereocenters. The van der Waals surface area contributed by atoms with Crippen molar-refractivity contribution in [3.05, 3.63) is 0 Å². The highest BCUT2D eigenvalue weighted by Crippen LogP contribution is 2.45. The van der Waals surface area contributed by atoms with E-state index in [0.29, 0.717) is 25.7 Å². The van der Waals surface area contributed by atoms with Crippen LogP contribution in [0.2, 0.25) is 0 Å². The van der Waals surface area contributed by atoms with Gasteiger partial charge >= 0.3 is 39.5 Å². The van der Waals surface area contributed by atoms with Crippen LogP contribution in [0.1, 0.15) is 458 Å². The van der Waals surface area contributed by atoms with Crippen LogP contribution in [0.25, 0.3) is 0 Å². The number of ether oxygens (including phenoxy) is 4. The molecule has 3 N–H and O–H groups in total. The summed E-state index contributed by atoms with van der Waals surface area (Å²) in [4.78, 5) is 73.2. The fourth-order valence-corrected chi connectivity index (χ4v) is 14.8. The minimum absolute atomic E-state index is 0.108. The van der Waals surface area contributed by atoms with Crippen LogP contribution < -0.4 is 0 Å². The zero-order chi connectivity index (χ0) is 76.2. The van der Waals surface area contributed by atoms with Crippen LogP contribution in [0.5, 0.6) is 0 Å². The third kappa shape index (κ3) is 76.8. The van der Waals surface area contributed by atoms with Crippen molar-refractivity contribution in [2.24, 2.45) is 5.92 Å². The number of hydrogen-bond donors (Lipinski definition) is 3. The molecule has 0 heterocycles. The molecule has 19 heteroatoms. The first-order valence-corrected chi connectivity index (χ1v) is 47.2. The van der Waals surface area contributed by atoms with Gasteiger partial charge in [0.05, 0.1) is 26.4 Å². The van der Waals surface area contributed by atoms with E-state index < -0.39 is 97.5 Å². The number of phosphoric ester groups is 2. The van der Waals surface area contributed by atoms with Crippen LogP contribution in [-0.4, -0.2) is 96.7 Å². The van der Waals surface area contributed by atoms with Gasteiger partial charge in [-0.3, -0.25) is 37.3 Å². The third-order valence-corrected chi connectivity index (χ3v) is 22.3. The largest absolute Gasteiger partial charge is 0.472 e. The Hall–Kier alpha value is -1.94. The van der Waals surface area contributed by atoms with Crippen LogP contribution in [0.4, 0.5) is 0 Å². The summed E-state index contributed by atoms with van der Waals surface area (Å²) in [5.41, 5.74) is 0. The van der Waals surface area contributed by atoms with Crippen molar-refractivity contribution in [2.45, 2.75) is 477 Å². The van der Waals surface area contributed by atoms with Crippen molar-refractivity contribution in [2.75, 3.05) is 39.6 Å². The first-order chi connectivity index (χ1) is 50.6. The summed E-state index contributed by atoms with van der Waals surface area (Å²) in [5, 5.41) is 10.7. The summed E-state index contributed by atoms with van der Waals surface area (Å²) in [6, 6.07) is 0. The molecule has 0 aromatic heterocycles. The van der Waals surface area contributed by atoms with E-state index in [1.54, 1.807) is 0 Å². The van der Waals surface area contributed by atoms with Crippen molar-refractivity contribution in [1.29, 1.82) is 0 Å². The quantitative estimate of drug-likeness (QED) is 0.0222. The fraction of sp³-hybridized carbons (Fsp3) is 0.953. The Labute approximate surface area is 638 Å². The van der Waals surface area contributed by atoms with Gasteiger partial charge in [-0.15, -0.1) is 0 Å². The Kier molecular flexibility index (Phi) is 76.3. The number of carbonyl (C=O) groups is 4. The zero-order valence-corrected chi connectivity index (χ0v) is 70.0. The van der Waals surface area contributed by atoms with E-state index >= 15 is 0 Å². The molecule has 0 bridgehead atoms. The maximum absolute atomic E-state index is 13.1. The minimum atomic E-state index is -4.96. The Balaban J connectivity index is 5.22. The first-order valence-electron chi connectivity index (χ1n) is 44.2. The molecule has 0 rings (SSSR count). The van der Waals surface area contributed by atoms with Crippen LogP contribution in [-0.2, 0) is 65.4 Å². The molecule has 0 saturated carbocycles. The molecule has 17 nitrogen and oxygen atoms in total. The first kappa shape index (κ1) is 102. The highest BCUT2D eigenvalue weighted by atomic mass is 31.2. The molecule has 3 unspecified atom stereocenters. The lowest BCUT2D eigenvalue weighted by molar-refractivity contribution is -0.161. The third-order valence-electron chi connectivity index (χ3n) is 20.4. The molecule has 104 heavy (non-hydrogen) atoms. The molecule has 0 amide bonds. The molecule has 0 fully saturated rings. The summed E-state index contributed by atoms with van der Waals surface area (Å²) >= 11 is 0. The fourth-order valence-electron chi connectivity index (χ4n) is 13.3. The molecular formula is C85H166O17P2. The monoisotopic (exact) mass is 1520 g/mol. The lowest BCUT2D eigenvalue weighted by atomic mass is 10.00. The molecule has 0 aliphatic rings. The number of esters is 4. The number of aliphatic hydroxyl groups is 1. The molecule has 618 valence electrons. The number of phosphoric acid groups is 2. The smallest absolute Gasteiger partial charge is 0.462 e. The van der Waals surface area contributed by atoms with Gasteiger partial charge < -0.3 is 33.8 Å². The molecule has 0 saturated heterocycles. The van der Waals surface area contributed by atoms with Crippen molar-refractivity contribution < 1.29 is 80.2 Å². The maximum atomic E-state index is 13.1. The maximum Gasteiger partial charge on any atom is 0.472 e. The van der Waals surface area contributed by atoms with E-state index in [-0.39, 0.29) is 25.7 Å². The normalized spacial score (nSPS) is 14.0. The number of rotatable bonds is 85. The van der Waals surface area contributed by atoms with E-state index in [2.05, 4.69) is 34.6 Å². The molecule has 0 aliphatic heterocycles. The topological polar surface area (TPSA) is 237 Å². The molecule has 0 aliphatic carbocycles. The van der Waals surface area contributed by atoms with Crippen LogP contribution in [0.3, 0.4) is 0 Å². The van der Waals surface area contributed by atoms with Gasteiger partial charge in [0.25, 0.3) is 0 Å². The summed E-state index contributed by atoms with van der Waals surface area (Å²) in [5.74, 6) is -1.37. The molecule has 0 spiro atoms. The van der Waals surface area contributed by atoms with Gasteiger partial charge in [0.1, 0.15) is 19.3 Å². The van der Waals surface area contributed by atoms with E-state index in [1.807, 2.05) is 0 Å². The number of hydrogen-bond acceptors (Lipinski definition) is 15. The summed E-state index contributed by atoms with van der Waals surface area (Å²) in [7, 11) is -9.92. The highest BCUT2D eigenvalue weighted by Gasteiger charge is 2.30. The van der Waals surface area contributed by atoms with Crippen LogP contribution in [0, 0.1) is 5.92 Å². The predicted octanol–water partition coefficient (Wildman–Crippen LogP) is 26.0. The van der Waals surface area contributed by atoms with Gasteiger partial charge in [-0.25, -0.2) is 9.13 Å². The van der Waals surface area contributed by atoms with E-state index in [9.17, 15) is 43.2 Å². The van der Waals surface area contributed by atoms with Gasteiger partial charge in [-0.05, 0) is 31.6 Å². The van der Waals surface area contributed by atoms with E-state index in [1.165, 1.54) is 276 Å². The Morgan fingerprint density at radius 1 is 0.269 bits per heavy atom. The number of unbranched alkanes of at least 4 members (excludes halogenated alkanes) is 56. The van der Waals surface area contributed by atoms with Gasteiger partial charge in [-0.2, -0.15) is 0 Å². The zero-order valence-electron chi connectivity index (χ0n) is 68.2. The second kappa shape index (κ2) is 77.8. The number of carbonyl (C=O) groups excluding carboxylic acids is 4. The second-order valence-corrected chi connectivity index (χ2v) is 33.7. The number of aliphatic hydroxyl groups excluding tert-OH is 1. The Morgan fingerprint density at radius 2 is 0.462 bits per heavy atom. The second-order valence-electron chi connectivity index (χ2n) is 30.8. The van der Waals surface area contributed by atoms with E-state index in [4.69, 9.17) is 37.0 Å². The Bertz CT molecular complexity index is 1980. The van der Waals surface area contributed by atoms with Crippen molar-refractivity contribution in [3.63, 3.8) is 0 Å². The summed E-state index contributed by atoms with van der Waals surface area (Å²) in [6.45, 7) is 7.32.